The van der Waals surface area contributed by atoms with Gasteiger partial charge in [0, 0.05) is 5.56 Å². The molecule has 1 aromatic rings. The van der Waals surface area contributed by atoms with E-state index in [-0.39, 0.29) is 5.75 Å². The lowest BCUT2D eigenvalue weighted by molar-refractivity contribution is 0.162. The Kier molecular flexibility index (Phi) is 3.49. The number of benzene rings is 1. The Morgan fingerprint density at radius 1 is 1.43 bits per heavy atom. The lowest BCUT2D eigenvalue weighted by Gasteiger charge is -2.17. The third-order valence-corrected chi connectivity index (χ3v) is 2.41. The maximum Gasteiger partial charge on any atom is 0.123 e. The van der Waals surface area contributed by atoms with Crippen molar-refractivity contribution in [1.82, 2.24) is 0 Å². The second kappa shape index (κ2) is 4.44. The van der Waals surface area contributed by atoms with Crippen molar-refractivity contribution < 1.29 is 10.2 Å². The van der Waals surface area contributed by atoms with Crippen LogP contribution in [-0.4, -0.2) is 16.3 Å². The van der Waals surface area contributed by atoms with Gasteiger partial charge in [0.15, 0.2) is 0 Å². The Morgan fingerprint density at radius 3 is 2.57 bits per heavy atom. The first-order valence-electron chi connectivity index (χ1n) is 4.82. The van der Waals surface area contributed by atoms with Gasteiger partial charge in [-0.15, -0.1) is 0 Å². The fourth-order valence-electron chi connectivity index (χ4n) is 1.43. The monoisotopic (exact) mass is 195 g/mol. The van der Waals surface area contributed by atoms with Gasteiger partial charge in [-0.2, -0.15) is 0 Å². The van der Waals surface area contributed by atoms with Crippen molar-refractivity contribution in [2.24, 2.45) is 5.73 Å². The first-order valence-corrected chi connectivity index (χ1v) is 4.82. The topological polar surface area (TPSA) is 66.5 Å². The Bertz CT molecular complexity index is 310. The van der Waals surface area contributed by atoms with Gasteiger partial charge in [0.2, 0.25) is 0 Å². The van der Waals surface area contributed by atoms with Gasteiger partial charge in [0.25, 0.3) is 0 Å². The molecule has 0 fully saturated rings. The summed E-state index contributed by atoms with van der Waals surface area (Å²) in [4.78, 5) is 0. The van der Waals surface area contributed by atoms with Crippen LogP contribution in [0.15, 0.2) is 18.2 Å². The van der Waals surface area contributed by atoms with E-state index in [4.69, 9.17) is 5.73 Å². The second-order valence-corrected chi connectivity index (χ2v) is 3.47. The molecule has 1 aromatic carbocycles. The van der Waals surface area contributed by atoms with Gasteiger partial charge in [-0.25, -0.2) is 0 Å². The summed E-state index contributed by atoms with van der Waals surface area (Å²) in [7, 11) is 0. The van der Waals surface area contributed by atoms with E-state index in [1.165, 1.54) is 0 Å². The smallest absolute Gasteiger partial charge is 0.123 e. The van der Waals surface area contributed by atoms with E-state index < -0.39 is 12.1 Å². The van der Waals surface area contributed by atoms with Crippen LogP contribution in [0.3, 0.4) is 0 Å². The number of aliphatic hydroxyl groups excluding tert-OH is 1. The van der Waals surface area contributed by atoms with Crippen LogP contribution in [0, 0.1) is 0 Å². The van der Waals surface area contributed by atoms with E-state index in [1.807, 2.05) is 19.1 Å². The fourth-order valence-corrected chi connectivity index (χ4v) is 1.43. The molecule has 3 nitrogen and oxygen atoms in total. The summed E-state index contributed by atoms with van der Waals surface area (Å²) < 4.78 is 0. The van der Waals surface area contributed by atoms with Gasteiger partial charge in [0.05, 0.1) is 12.1 Å². The molecule has 14 heavy (non-hydrogen) atoms. The van der Waals surface area contributed by atoms with Crippen LogP contribution >= 0.6 is 0 Å². The minimum atomic E-state index is -0.659. The van der Waals surface area contributed by atoms with Gasteiger partial charge in [-0.05, 0) is 18.9 Å². The Balaban J connectivity index is 3.09. The number of nitrogens with two attached hydrogens (primary N) is 1. The average Bonchev–Trinajstić information content (AvgIpc) is 2.17. The third kappa shape index (κ3) is 2.05. The van der Waals surface area contributed by atoms with Crippen LogP contribution in [0.1, 0.15) is 31.0 Å². The lowest BCUT2D eigenvalue weighted by atomic mass is 9.98. The molecule has 0 amide bonds. The molecule has 1 rings (SSSR count). The predicted octanol–water partition coefficient (Wildman–Crippen LogP) is 1.34. The van der Waals surface area contributed by atoms with Crippen LogP contribution in [0.5, 0.6) is 5.75 Å². The largest absolute Gasteiger partial charge is 0.507 e. The van der Waals surface area contributed by atoms with Gasteiger partial charge in [0.1, 0.15) is 5.75 Å². The summed E-state index contributed by atoms with van der Waals surface area (Å²) in [5, 5.41) is 19.1. The highest BCUT2D eigenvalue weighted by Gasteiger charge is 2.16. The highest BCUT2D eigenvalue weighted by atomic mass is 16.3. The van der Waals surface area contributed by atoms with Crippen LogP contribution in [0.25, 0.3) is 0 Å². The van der Waals surface area contributed by atoms with Crippen LogP contribution in [0.4, 0.5) is 0 Å². The summed E-state index contributed by atoms with van der Waals surface area (Å²) in [6, 6.07) is 4.91. The molecule has 0 heterocycles. The third-order valence-electron chi connectivity index (χ3n) is 2.41. The summed E-state index contributed by atoms with van der Waals surface area (Å²) in [5.41, 5.74) is 7.22. The molecule has 0 aromatic heterocycles. The Hall–Kier alpha value is -1.06. The number of phenolic OH excluding ortho intramolecular Hbond substituents is 1. The summed E-state index contributed by atoms with van der Waals surface area (Å²) in [6.45, 7) is 3.58. The van der Waals surface area contributed by atoms with Crippen molar-refractivity contribution in [2.75, 3.05) is 0 Å². The first-order chi connectivity index (χ1) is 6.57. The molecule has 0 bridgehead atoms. The number of rotatable bonds is 3. The molecular formula is C11H17NO2. The van der Waals surface area contributed by atoms with Crippen LogP contribution in [-0.2, 0) is 6.42 Å². The fraction of sp³-hybridized carbons (Fsp3) is 0.455. The highest BCUT2D eigenvalue weighted by Crippen LogP contribution is 2.28. The van der Waals surface area contributed by atoms with E-state index in [0.717, 1.165) is 12.0 Å². The van der Waals surface area contributed by atoms with E-state index in [2.05, 4.69) is 0 Å². The SMILES string of the molecule is CCc1cccc([C@@H](N)C(C)O)c1O. The van der Waals surface area contributed by atoms with Gasteiger partial charge < -0.3 is 15.9 Å². The molecule has 0 aliphatic heterocycles. The first kappa shape index (κ1) is 11.0. The number of hydrogen-bond acceptors (Lipinski definition) is 3. The van der Waals surface area contributed by atoms with E-state index in [9.17, 15) is 10.2 Å². The molecule has 0 saturated carbocycles. The van der Waals surface area contributed by atoms with E-state index in [1.54, 1.807) is 13.0 Å². The zero-order chi connectivity index (χ0) is 10.7. The van der Waals surface area contributed by atoms with Gasteiger partial charge in [-0.3, -0.25) is 0 Å². The minimum absolute atomic E-state index is 0.211. The normalized spacial score (nSPS) is 15.1. The van der Waals surface area contributed by atoms with Crippen molar-refractivity contribution in [3.8, 4) is 5.75 Å². The molecule has 0 spiro atoms. The molecule has 4 N–H and O–H groups in total. The maximum atomic E-state index is 9.82. The molecule has 78 valence electrons. The molecule has 0 saturated heterocycles. The summed E-state index contributed by atoms with van der Waals surface area (Å²) in [5.74, 6) is 0.211. The second-order valence-electron chi connectivity index (χ2n) is 3.47. The van der Waals surface area contributed by atoms with Crippen molar-refractivity contribution >= 4 is 0 Å². The minimum Gasteiger partial charge on any atom is -0.507 e. The van der Waals surface area contributed by atoms with Crippen molar-refractivity contribution in [2.45, 2.75) is 32.4 Å². The summed E-state index contributed by atoms with van der Waals surface area (Å²) >= 11 is 0. The molecule has 0 aliphatic carbocycles. The Labute approximate surface area is 84.2 Å². The molecule has 3 heteroatoms. The molecule has 0 aliphatic rings. The number of aliphatic hydroxyl groups is 1. The predicted molar refractivity (Wildman–Crippen MR) is 56.1 cm³/mol. The quantitative estimate of drug-likeness (QED) is 0.681. The van der Waals surface area contributed by atoms with Crippen molar-refractivity contribution in [3.63, 3.8) is 0 Å². The molecule has 0 radical (unpaired) electrons. The number of phenols is 1. The lowest BCUT2D eigenvalue weighted by Crippen LogP contribution is -2.23. The highest BCUT2D eigenvalue weighted by molar-refractivity contribution is 5.42. The molecule has 2 atom stereocenters. The zero-order valence-corrected chi connectivity index (χ0v) is 8.57. The van der Waals surface area contributed by atoms with Crippen molar-refractivity contribution in [1.29, 1.82) is 0 Å². The average molecular weight is 195 g/mol. The number of aryl methyl sites for hydroxylation is 1. The number of hydrogen-bond donors (Lipinski definition) is 3. The van der Waals surface area contributed by atoms with E-state index in [0.29, 0.717) is 5.56 Å². The molecule has 1 unspecified atom stereocenters. The van der Waals surface area contributed by atoms with Gasteiger partial charge in [-0.1, -0.05) is 25.1 Å². The number of aromatic hydroxyl groups is 1. The standard InChI is InChI=1S/C11H17NO2/c1-3-8-5-4-6-9(11(8)14)10(12)7(2)13/h4-7,10,13-14H,3,12H2,1-2H3/t7?,10-/m0/s1. The van der Waals surface area contributed by atoms with Crippen molar-refractivity contribution in [3.05, 3.63) is 29.3 Å². The van der Waals surface area contributed by atoms with Crippen LogP contribution in [0.2, 0.25) is 0 Å². The Morgan fingerprint density at radius 2 is 2.07 bits per heavy atom. The maximum absolute atomic E-state index is 9.82. The van der Waals surface area contributed by atoms with E-state index >= 15 is 0 Å². The van der Waals surface area contributed by atoms with Crippen LogP contribution < -0.4 is 5.73 Å². The zero-order valence-electron chi connectivity index (χ0n) is 8.57. The molecular weight excluding hydrogens is 178 g/mol. The van der Waals surface area contributed by atoms with Gasteiger partial charge >= 0.3 is 0 Å². The number of para-hydroxylation sites is 1. The summed E-state index contributed by atoms with van der Waals surface area (Å²) in [6.07, 6.45) is 0.0969.